The highest BCUT2D eigenvalue weighted by molar-refractivity contribution is 7.98. The van der Waals surface area contributed by atoms with E-state index in [1.54, 1.807) is 0 Å². The number of benzene rings is 2. The molecule has 142 valence electrons. The number of nitrogens with zero attached hydrogens (tertiary/aromatic N) is 1. The fourth-order valence-corrected chi connectivity index (χ4v) is 4.00. The summed E-state index contributed by atoms with van der Waals surface area (Å²) in [5.74, 6) is -0.0847. The molecule has 8 heteroatoms. The monoisotopic (exact) mass is 387 g/mol. The fraction of sp³-hybridized carbons (Fsp3) is 0.316. The van der Waals surface area contributed by atoms with Crippen LogP contribution in [0.2, 0.25) is 0 Å². The molecule has 0 aromatic heterocycles. The average molecular weight is 387 g/mol. The third kappa shape index (κ3) is 3.85. The van der Waals surface area contributed by atoms with Gasteiger partial charge in [0, 0.05) is 5.69 Å². The number of fused-ring (bicyclic) bond motifs is 1. The standard InChI is InChI=1S/C19H21N3O4S/c1-26-17-10-16(22(24)25)14(9-18(17)27-2)19(23)21-15-5-3-4-11-8-12(20)6-7-13(11)15/h6-10,15H,3-5,20H2,1-2H3,(H,21,23). The quantitative estimate of drug-likeness (QED) is 0.350. The molecule has 0 heterocycles. The van der Waals surface area contributed by atoms with Crippen LogP contribution in [0.15, 0.2) is 35.2 Å². The highest BCUT2D eigenvalue weighted by Crippen LogP contribution is 2.36. The van der Waals surface area contributed by atoms with E-state index in [0.717, 1.165) is 30.4 Å². The number of thioether (sulfide) groups is 1. The summed E-state index contributed by atoms with van der Waals surface area (Å²) in [5.41, 5.74) is 8.44. The third-order valence-corrected chi connectivity index (χ3v) is 5.49. The largest absolute Gasteiger partial charge is 0.495 e. The van der Waals surface area contributed by atoms with Crippen molar-refractivity contribution in [2.24, 2.45) is 0 Å². The number of nitrogens with one attached hydrogen (secondary N) is 1. The van der Waals surface area contributed by atoms with Crippen molar-refractivity contribution < 1.29 is 14.5 Å². The summed E-state index contributed by atoms with van der Waals surface area (Å²) in [6.45, 7) is 0. The van der Waals surface area contributed by atoms with Gasteiger partial charge in [0.15, 0.2) is 0 Å². The molecule has 1 aliphatic carbocycles. The summed E-state index contributed by atoms with van der Waals surface area (Å²) in [6, 6.07) is 8.28. The van der Waals surface area contributed by atoms with Gasteiger partial charge in [-0.05, 0) is 54.8 Å². The Labute approximate surface area is 161 Å². The van der Waals surface area contributed by atoms with E-state index < -0.39 is 10.8 Å². The molecule has 0 bridgehead atoms. The first kappa shape index (κ1) is 19.0. The summed E-state index contributed by atoms with van der Waals surface area (Å²) in [4.78, 5) is 24.5. The van der Waals surface area contributed by atoms with E-state index in [4.69, 9.17) is 10.5 Å². The first-order valence-corrected chi connectivity index (χ1v) is 9.76. The minimum absolute atomic E-state index is 0.0349. The van der Waals surface area contributed by atoms with Gasteiger partial charge in [-0.1, -0.05) is 6.07 Å². The molecule has 0 fully saturated rings. The van der Waals surface area contributed by atoms with Crippen molar-refractivity contribution in [3.8, 4) is 5.75 Å². The molecular formula is C19H21N3O4S. The number of amides is 1. The molecule has 7 nitrogen and oxygen atoms in total. The highest BCUT2D eigenvalue weighted by atomic mass is 32.2. The summed E-state index contributed by atoms with van der Waals surface area (Å²) < 4.78 is 5.20. The van der Waals surface area contributed by atoms with Crippen molar-refractivity contribution >= 4 is 29.0 Å². The van der Waals surface area contributed by atoms with Crippen LogP contribution in [0.3, 0.4) is 0 Å². The Morgan fingerprint density at radius 1 is 1.37 bits per heavy atom. The molecule has 1 amide bonds. The van der Waals surface area contributed by atoms with Gasteiger partial charge in [0.2, 0.25) is 0 Å². The minimum Gasteiger partial charge on any atom is -0.495 e. The van der Waals surface area contributed by atoms with Gasteiger partial charge < -0.3 is 15.8 Å². The maximum absolute atomic E-state index is 12.9. The Morgan fingerprint density at radius 3 is 2.81 bits per heavy atom. The van der Waals surface area contributed by atoms with Crippen LogP contribution >= 0.6 is 11.8 Å². The van der Waals surface area contributed by atoms with Crippen LogP contribution in [0.25, 0.3) is 0 Å². The zero-order chi connectivity index (χ0) is 19.6. The number of hydrogen-bond acceptors (Lipinski definition) is 6. The van der Waals surface area contributed by atoms with Gasteiger partial charge >= 0.3 is 0 Å². The number of nitrogen functional groups attached to an aromatic ring is 1. The lowest BCUT2D eigenvalue weighted by atomic mass is 9.87. The number of carbonyl (C=O) groups is 1. The van der Waals surface area contributed by atoms with Gasteiger partial charge in [-0.2, -0.15) is 0 Å². The first-order chi connectivity index (χ1) is 12.9. The predicted molar refractivity (Wildman–Crippen MR) is 105 cm³/mol. The molecule has 2 aromatic rings. The van der Waals surface area contributed by atoms with Crippen molar-refractivity contribution in [2.45, 2.75) is 30.2 Å². The van der Waals surface area contributed by atoms with Crippen LogP contribution in [0.5, 0.6) is 5.75 Å². The Balaban J connectivity index is 1.94. The number of nitro benzene ring substituents is 1. The normalized spacial score (nSPS) is 15.7. The minimum atomic E-state index is -0.558. The summed E-state index contributed by atoms with van der Waals surface area (Å²) in [6.07, 6.45) is 4.43. The Morgan fingerprint density at radius 2 is 2.15 bits per heavy atom. The van der Waals surface area contributed by atoms with Crippen LogP contribution in [0, 0.1) is 10.1 Å². The topological polar surface area (TPSA) is 107 Å². The molecule has 0 saturated carbocycles. The first-order valence-electron chi connectivity index (χ1n) is 8.54. The molecule has 27 heavy (non-hydrogen) atoms. The van der Waals surface area contributed by atoms with Gasteiger partial charge in [-0.3, -0.25) is 14.9 Å². The van der Waals surface area contributed by atoms with E-state index in [1.807, 2.05) is 24.5 Å². The van der Waals surface area contributed by atoms with Crippen LogP contribution < -0.4 is 15.8 Å². The van der Waals surface area contributed by atoms with Gasteiger partial charge in [-0.25, -0.2) is 0 Å². The number of nitrogens with two attached hydrogens (primary N) is 1. The molecule has 0 aliphatic heterocycles. The lowest BCUT2D eigenvalue weighted by Crippen LogP contribution is -2.31. The smallest absolute Gasteiger partial charge is 0.285 e. The lowest BCUT2D eigenvalue weighted by molar-refractivity contribution is -0.385. The molecule has 2 aromatic carbocycles. The molecule has 3 rings (SSSR count). The van der Waals surface area contributed by atoms with Crippen molar-refractivity contribution in [3.05, 3.63) is 57.1 Å². The molecule has 0 saturated heterocycles. The predicted octanol–water partition coefficient (Wildman–Crippen LogP) is 3.71. The Bertz CT molecular complexity index is 901. The number of ether oxygens (including phenoxy) is 1. The molecule has 1 aliphatic rings. The molecular weight excluding hydrogens is 366 g/mol. The van der Waals surface area contributed by atoms with E-state index in [9.17, 15) is 14.9 Å². The lowest BCUT2D eigenvalue weighted by Gasteiger charge is -2.26. The van der Waals surface area contributed by atoms with Gasteiger partial charge in [-0.15, -0.1) is 11.8 Å². The number of carbonyl (C=O) groups excluding carboxylic acids is 1. The van der Waals surface area contributed by atoms with Gasteiger partial charge in [0.05, 0.1) is 29.0 Å². The number of aryl methyl sites for hydroxylation is 1. The maximum Gasteiger partial charge on any atom is 0.285 e. The maximum atomic E-state index is 12.9. The number of anilines is 1. The van der Waals surface area contributed by atoms with Crippen molar-refractivity contribution in [2.75, 3.05) is 19.1 Å². The van der Waals surface area contributed by atoms with Crippen LogP contribution in [0.1, 0.15) is 40.4 Å². The number of rotatable bonds is 5. The Kier molecular flexibility index (Phi) is 5.55. The van der Waals surface area contributed by atoms with Gasteiger partial charge in [0.25, 0.3) is 11.6 Å². The second kappa shape index (κ2) is 7.87. The van der Waals surface area contributed by atoms with E-state index >= 15 is 0 Å². The van der Waals surface area contributed by atoms with Crippen LogP contribution in [-0.2, 0) is 6.42 Å². The summed E-state index contributed by atoms with van der Waals surface area (Å²) in [5, 5.41) is 14.4. The van der Waals surface area contributed by atoms with E-state index in [1.165, 1.54) is 31.0 Å². The average Bonchev–Trinajstić information content (AvgIpc) is 2.66. The van der Waals surface area contributed by atoms with Crippen molar-refractivity contribution in [3.63, 3.8) is 0 Å². The number of nitro groups is 1. The Hall–Kier alpha value is -2.74. The van der Waals surface area contributed by atoms with E-state index in [0.29, 0.717) is 16.3 Å². The number of hydrogen-bond donors (Lipinski definition) is 2. The molecule has 0 radical (unpaired) electrons. The molecule has 1 unspecified atom stereocenters. The van der Waals surface area contributed by atoms with Crippen LogP contribution in [0.4, 0.5) is 11.4 Å². The third-order valence-electron chi connectivity index (χ3n) is 4.73. The van der Waals surface area contributed by atoms with Crippen molar-refractivity contribution in [1.82, 2.24) is 5.32 Å². The van der Waals surface area contributed by atoms with Crippen LogP contribution in [-0.4, -0.2) is 24.2 Å². The van der Waals surface area contributed by atoms with E-state index in [-0.39, 0.29) is 17.3 Å². The van der Waals surface area contributed by atoms with E-state index in [2.05, 4.69) is 5.32 Å². The highest BCUT2D eigenvalue weighted by Gasteiger charge is 2.27. The zero-order valence-corrected chi connectivity index (χ0v) is 16.0. The molecule has 0 spiro atoms. The SMILES string of the molecule is COc1cc([N+](=O)[O-])c(C(=O)NC2CCCc3cc(N)ccc32)cc1SC. The molecule has 3 N–H and O–H groups in total. The number of methoxy groups -OCH3 is 1. The summed E-state index contributed by atoms with van der Waals surface area (Å²) >= 11 is 1.37. The fourth-order valence-electron chi connectivity index (χ4n) is 3.42. The molecule has 1 atom stereocenters. The second-order valence-corrected chi connectivity index (χ2v) is 7.21. The van der Waals surface area contributed by atoms with Gasteiger partial charge in [0.1, 0.15) is 11.3 Å². The second-order valence-electron chi connectivity index (χ2n) is 6.36. The zero-order valence-electron chi connectivity index (χ0n) is 15.2. The summed E-state index contributed by atoms with van der Waals surface area (Å²) in [7, 11) is 1.45. The van der Waals surface area contributed by atoms with Crippen molar-refractivity contribution in [1.29, 1.82) is 0 Å².